The molecule has 3 nitrogen and oxygen atoms in total. The zero-order chi connectivity index (χ0) is 13.7. The molecule has 0 radical (unpaired) electrons. The molecule has 1 aromatic carbocycles. The lowest BCUT2D eigenvalue weighted by Gasteiger charge is -2.41. The molecule has 1 heterocycles. The molecule has 1 aromatic rings. The van der Waals surface area contributed by atoms with Crippen LogP contribution in [0.3, 0.4) is 0 Å². The smallest absolute Gasteiger partial charge is 0.223 e. The highest BCUT2D eigenvalue weighted by molar-refractivity contribution is 5.78. The number of benzene rings is 1. The molecule has 104 valence electrons. The van der Waals surface area contributed by atoms with Gasteiger partial charge in [-0.3, -0.25) is 4.79 Å². The second-order valence-electron chi connectivity index (χ2n) is 5.24. The van der Waals surface area contributed by atoms with Gasteiger partial charge in [0.05, 0.1) is 12.6 Å². The van der Waals surface area contributed by atoms with E-state index < -0.39 is 0 Å². The molecule has 1 amide bonds. The molecule has 1 aliphatic rings. The molecule has 0 spiro atoms. The number of piperidine rings is 1. The third kappa shape index (κ3) is 3.16. The van der Waals surface area contributed by atoms with Gasteiger partial charge in [0.1, 0.15) is 0 Å². The van der Waals surface area contributed by atoms with Crippen molar-refractivity contribution >= 4 is 5.91 Å². The fraction of sp³-hybridized carbons (Fsp3) is 0.562. The Morgan fingerprint density at radius 3 is 2.74 bits per heavy atom. The largest absolute Gasteiger partial charge is 0.394 e. The topological polar surface area (TPSA) is 40.5 Å². The molecule has 1 fully saturated rings. The van der Waals surface area contributed by atoms with Crippen LogP contribution in [0, 0.1) is 0 Å². The van der Waals surface area contributed by atoms with Crippen molar-refractivity contribution in [2.75, 3.05) is 6.61 Å². The van der Waals surface area contributed by atoms with Gasteiger partial charge in [-0.05, 0) is 24.8 Å². The van der Waals surface area contributed by atoms with Crippen molar-refractivity contribution in [3.63, 3.8) is 0 Å². The monoisotopic (exact) mass is 261 g/mol. The van der Waals surface area contributed by atoms with E-state index in [0.717, 1.165) is 31.2 Å². The van der Waals surface area contributed by atoms with Crippen molar-refractivity contribution < 1.29 is 9.90 Å². The molecule has 0 aromatic heterocycles. The van der Waals surface area contributed by atoms with E-state index in [9.17, 15) is 9.90 Å². The van der Waals surface area contributed by atoms with Crippen LogP contribution < -0.4 is 0 Å². The molecule has 19 heavy (non-hydrogen) atoms. The summed E-state index contributed by atoms with van der Waals surface area (Å²) in [6, 6.07) is 9.95. The Kier molecular flexibility index (Phi) is 4.97. The minimum atomic E-state index is -0.189. The Labute approximate surface area is 115 Å². The summed E-state index contributed by atoms with van der Waals surface area (Å²) in [6.45, 7) is 2.14. The third-order valence-electron chi connectivity index (χ3n) is 3.92. The number of amides is 1. The molecule has 0 aliphatic carbocycles. The SMILES string of the molecule is CCC[C@@H]1CCCC(=O)N1[C@@H](CO)c1ccccc1. The quantitative estimate of drug-likeness (QED) is 0.885. The van der Waals surface area contributed by atoms with Crippen LogP contribution in [0.4, 0.5) is 0 Å². The summed E-state index contributed by atoms with van der Waals surface area (Å²) in [5.74, 6) is 0.188. The summed E-state index contributed by atoms with van der Waals surface area (Å²) in [4.78, 5) is 14.2. The van der Waals surface area contributed by atoms with Gasteiger partial charge in [0.2, 0.25) is 5.91 Å². The normalized spacial score (nSPS) is 21.5. The molecular formula is C16H23NO2. The van der Waals surface area contributed by atoms with E-state index in [1.54, 1.807) is 0 Å². The number of likely N-dealkylation sites (tertiary alicyclic amines) is 1. The molecular weight excluding hydrogens is 238 g/mol. The molecule has 1 saturated heterocycles. The standard InChI is InChI=1S/C16H23NO2/c1-2-7-14-10-6-11-16(19)17(14)15(12-18)13-8-4-3-5-9-13/h3-5,8-9,14-15,18H,2,6-7,10-12H2,1H3/t14-,15+/m1/s1. The number of carbonyl (C=O) groups excluding carboxylic acids is 1. The minimum Gasteiger partial charge on any atom is -0.394 e. The fourth-order valence-electron chi connectivity index (χ4n) is 3.03. The van der Waals surface area contributed by atoms with Crippen molar-refractivity contribution in [1.29, 1.82) is 0 Å². The molecule has 2 atom stereocenters. The van der Waals surface area contributed by atoms with E-state index in [1.165, 1.54) is 0 Å². The highest BCUT2D eigenvalue weighted by atomic mass is 16.3. The summed E-state index contributed by atoms with van der Waals surface area (Å²) < 4.78 is 0. The fourth-order valence-corrected chi connectivity index (χ4v) is 3.03. The zero-order valence-electron chi connectivity index (χ0n) is 11.6. The van der Waals surface area contributed by atoms with Crippen LogP contribution in [0.25, 0.3) is 0 Å². The molecule has 0 bridgehead atoms. The number of carbonyl (C=O) groups is 1. The summed E-state index contributed by atoms with van der Waals surface area (Å²) in [5.41, 5.74) is 1.03. The van der Waals surface area contributed by atoms with Crippen LogP contribution in [-0.2, 0) is 4.79 Å². The zero-order valence-corrected chi connectivity index (χ0v) is 11.6. The number of aliphatic hydroxyl groups excluding tert-OH is 1. The number of rotatable bonds is 5. The van der Waals surface area contributed by atoms with Crippen LogP contribution in [0.5, 0.6) is 0 Å². The van der Waals surface area contributed by atoms with E-state index in [4.69, 9.17) is 0 Å². The maximum absolute atomic E-state index is 12.3. The molecule has 3 heteroatoms. The summed E-state index contributed by atoms with van der Waals surface area (Å²) in [6.07, 6.45) is 4.75. The summed E-state index contributed by atoms with van der Waals surface area (Å²) >= 11 is 0. The van der Waals surface area contributed by atoms with Gasteiger partial charge in [-0.2, -0.15) is 0 Å². The highest BCUT2D eigenvalue weighted by Crippen LogP contribution is 2.31. The van der Waals surface area contributed by atoms with Crippen molar-refractivity contribution in [2.45, 2.75) is 51.1 Å². The van der Waals surface area contributed by atoms with E-state index in [0.29, 0.717) is 6.42 Å². The average Bonchev–Trinajstić information content (AvgIpc) is 2.44. The molecule has 0 unspecified atom stereocenters. The first kappa shape index (κ1) is 14.1. The van der Waals surface area contributed by atoms with Gasteiger partial charge < -0.3 is 10.0 Å². The molecule has 0 saturated carbocycles. The Hall–Kier alpha value is -1.35. The second-order valence-corrected chi connectivity index (χ2v) is 5.24. The van der Waals surface area contributed by atoms with E-state index in [-0.39, 0.29) is 24.6 Å². The average molecular weight is 261 g/mol. The van der Waals surface area contributed by atoms with Gasteiger partial charge in [0.25, 0.3) is 0 Å². The predicted molar refractivity (Wildman–Crippen MR) is 75.7 cm³/mol. The van der Waals surface area contributed by atoms with Crippen molar-refractivity contribution in [2.24, 2.45) is 0 Å². The molecule has 1 aliphatic heterocycles. The lowest BCUT2D eigenvalue weighted by atomic mass is 9.93. The number of aliphatic hydroxyl groups is 1. The number of nitrogens with zero attached hydrogens (tertiary/aromatic N) is 1. The maximum Gasteiger partial charge on any atom is 0.223 e. The minimum absolute atomic E-state index is 0.00400. The van der Waals surface area contributed by atoms with Crippen LogP contribution in [-0.4, -0.2) is 28.6 Å². The van der Waals surface area contributed by atoms with Crippen LogP contribution in [0.2, 0.25) is 0 Å². The third-order valence-corrected chi connectivity index (χ3v) is 3.92. The summed E-state index contributed by atoms with van der Waals surface area (Å²) in [5, 5.41) is 9.74. The lowest BCUT2D eigenvalue weighted by Crippen LogP contribution is -2.46. The van der Waals surface area contributed by atoms with E-state index in [2.05, 4.69) is 6.92 Å². The predicted octanol–water partition coefficient (Wildman–Crippen LogP) is 2.90. The number of hydrogen-bond donors (Lipinski definition) is 1. The maximum atomic E-state index is 12.3. The first-order valence-electron chi connectivity index (χ1n) is 7.25. The van der Waals surface area contributed by atoms with Gasteiger partial charge in [0.15, 0.2) is 0 Å². The Balaban J connectivity index is 2.25. The number of hydrogen-bond acceptors (Lipinski definition) is 2. The van der Waals surface area contributed by atoms with Gasteiger partial charge in [0, 0.05) is 12.5 Å². The van der Waals surface area contributed by atoms with Crippen molar-refractivity contribution in [1.82, 2.24) is 4.90 Å². The Morgan fingerprint density at radius 1 is 1.37 bits per heavy atom. The first-order chi connectivity index (χ1) is 9.27. The second kappa shape index (κ2) is 6.71. The Bertz CT molecular complexity index is 402. The van der Waals surface area contributed by atoms with Gasteiger partial charge in [-0.1, -0.05) is 43.7 Å². The van der Waals surface area contributed by atoms with Crippen LogP contribution in [0.1, 0.15) is 50.6 Å². The van der Waals surface area contributed by atoms with Gasteiger partial charge in [-0.25, -0.2) is 0 Å². The van der Waals surface area contributed by atoms with Crippen LogP contribution >= 0.6 is 0 Å². The molecule has 2 rings (SSSR count). The van der Waals surface area contributed by atoms with E-state index >= 15 is 0 Å². The highest BCUT2D eigenvalue weighted by Gasteiger charge is 2.33. The Morgan fingerprint density at radius 2 is 2.11 bits per heavy atom. The van der Waals surface area contributed by atoms with E-state index in [1.807, 2.05) is 35.2 Å². The van der Waals surface area contributed by atoms with Gasteiger partial charge in [-0.15, -0.1) is 0 Å². The first-order valence-corrected chi connectivity index (χ1v) is 7.25. The van der Waals surface area contributed by atoms with Crippen molar-refractivity contribution in [3.05, 3.63) is 35.9 Å². The lowest BCUT2D eigenvalue weighted by molar-refractivity contribution is -0.141. The summed E-state index contributed by atoms with van der Waals surface area (Å²) in [7, 11) is 0. The van der Waals surface area contributed by atoms with Gasteiger partial charge >= 0.3 is 0 Å². The molecule has 1 N–H and O–H groups in total. The van der Waals surface area contributed by atoms with Crippen LogP contribution in [0.15, 0.2) is 30.3 Å². The van der Waals surface area contributed by atoms with Crippen molar-refractivity contribution in [3.8, 4) is 0 Å².